The average Bonchev–Trinajstić information content (AvgIpc) is 2.51. The standard InChI is InChI=1S/C19H18O2/c1-13-7-9-14(10-8-13)11-17-16-6-4-3-5-15(16)12-18(21-2)19(17)20/h3-10,12,20H,11H2,1-2H3. The molecule has 3 aromatic rings. The monoisotopic (exact) mass is 278 g/mol. The molecule has 0 unspecified atom stereocenters. The Morgan fingerprint density at radius 2 is 1.71 bits per heavy atom. The predicted molar refractivity (Wildman–Crippen MR) is 86.1 cm³/mol. The zero-order valence-electron chi connectivity index (χ0n) is 12.3. The number of aryl methyl sites for hydroxylation is 1. The Labute approximate surface area is 124 Å². The molecule has 0 spiro atoms. The Morgan fingerprint density at radius 3 is 2.43 bits per heavy atom. The molecule has 0 amide bonds. The molecule has 0 radical (unpaired) electrons. The van der Waals surface area contributed by atoms with Crippen molar-refractivity contribution in [3.05, 3.63) is 71.3 Å². The van der Waals surface area contributed by atoms with Gasteiger partial charge in [0.05, 0.1) is 7.11 Å². The Balaban J connectivity index is 2.15. The average molecular weight is 278 g/mol. The third kappa shape index (κ3) is 2.57. The highest BCUT2D eigenvalue weighted by Crippen LogP contribution is 2.37. The van der Waals surface area contributed by atoms with Gasteiger partial charge in [-0.1, -0.05) is 54.1 Å². The lowest BCUT2D eigenvalue weighted by atomic mass is 9.96. The molecule has 0 saturated carbocycles. The number of methoxy groups -OCH3 is 1. The van der Waals surface area contributed by atoms with Crippen LogP contribution in [-0.2, 0) is 6.42 Å². The Morgan fingerprint density at radius 1 is 1.00 bits per heavy atom. The molecule has 106 valence electrons. The van der Waals surface area contributed by atoms with E-state index in [9.17, 15) is 5.11 Å². The lowest BCUT2D eigenvalue weighted by Gasteiger charge is -2.13. The summed E-state index contributed by atoms with van der Waals surface area (Å²) < 4.78 is 5.30. The maximum absolute atomic E-state index is 10.5. The van der Waals surface area contributed by atoms with Crippen LogP contribution >= 0.6 is 0 Å². The summed E-state index contributed by atoms with van der Waals surface area (Å²) in [6.07, 6.45) is 0.684. The van der Waals surface area contributed by atoms with Crippen LogP contribution in [0.25, 0.3) is 10.8 Å². The van der Waals surface area contributed by atoms with E-state index in [2.05, 4.69) is 31.2 Å². The minimum Gasteiger partial charge on any atom is -0.504 e. The van der Waals surface area contributed by atoms with E-state index >= 15 is 0 Å². The summed E-state index contributed by atoms with van der Waals surface area (Å²) in [7, 11) is 1.58. The van der Waals surface area contributed by atoms with Crippen LogP contribution in [0.2, 0.25) is 0 Å². The van der Waals surface area contributed by atoms with Crippen molar-refractivity contribution in [2.75, 3.05) is 7.11 Å². The van der Waals surface area contributed by atoms with Crippen LogP contribution in [0.3, 0.4) is 0 Å². The van der Waals surface area contributed by atoms with E-state index in [-0.39, 0.29) is 5.75 Å². The van der Waals surface area contributed by atoms with Gasteiger partial charge in [0.15, 0.2) is 11.5 Å². The molecule has 0 heterocycles. The van der Waals surface area contributed by atoms with E-state index in [0.29, 0.717) is 12.2 Å². The Hall–Kier alpha value is -2.48. The van der Waals surface area contributed by atoms with Crippen LogP contribution in [-0.4, -0.2) is 12.2 Å². The van der Waals surface area contributed by atoms with Crippen LogP contribution in [0.4, 0.5) is 0 Å². The lowest BCUT2D eigenvalue weighted by molar-refractivity contribution is 0.372. The van der Waals surface area contributed by atoms with E-state index in [1.165, 1.54) is 11.1 Å². The van der Waals surface area contributed by atoms with Crippen molar-refractivity contribution in [2.24, 2.45) is 0 Å². The zero-order valence-corrected chi connectivity index (χ0v) is 12.3. The van der Waals surface area contributed by atoms with Crippen molar-refractivity contribution in [3.63, 3.8) is 0 Å². The van der Waals surface area contributed by atoms with Gasteiger partial charge in [0.2, 0.25) is 0 Å². The highest BCUT2D eigenvalue weighted by atomic mass is 16.5. The molecular formula is C19H18O2. The second-order valence-corrected chi connectivity index (χ2v) is 5.29. The molecule has 0 aliphatic rings. The minimum atomic E-state index is 0.233. The Kier molecular flexibility index (Phi) is 3.53. The van der Waals surface area contributed by atoms with Crippen LogP contribution in [0, 0.1) is 6.92 Å². The summed E-state index contributed by atoms with van der Waals surface area (Å²) in [5, 5.41) is 12.6. The van der Waals surface area contributed by atoms with Crippen LogP contribution in [0.15, 0.2) is 54.6 Å². The van der Waals surface area contributed by atoms with Crippen molar-refractivity contribution >= 4 is 10.8 Å². The molecule has 0 aliphatic heterocycles. The summed E-state index contributed by atoms with van der Waals surface area (Å²) in [6.45, 7) is 2.07. The molecule has 3 rings (SSSR count). The van der Waals surface area contributed by atoms with Crippen molar-refractivity contribution < 1.29 is 9.84 Å². The van der Waals surface area contributed by atoms with E-state index in [1.54, 1.807) is 7.11 Å². The molecule has 2 nitrogen and oxygen atoms in total. The first-order valence-electron chi connectivity index (χ1n) is 7.02. The largest absolute Gasteiger partial charge is 0.504 e. The lowest BCUT2D eigenvalue weighted by Crippen LogP contribution is -1.94. The highest BCUT2D eigenvalue weighted by Gasteiger charge is 2.13. The molecular weight excluding hydrogens is 260 g/mol. The van der Waals surface area contributed by atoms with Crippen LogP contribution < -0.4 is 4.74 Å². The molecule has 0 aromatic heterocycles. The summed E-state index contributed by atoms with van der Waals surface area (Å²) >= 11 is 0. The second kappa shape index (κ2) is 5.49. The van der Waals surface area contributed by atoms with Crippen molar-refractivity contribution in [2.45, 2.75) is 13.3 Å². The van der Waals surface area contributed by atoms with Gasteiger partial charge in [0.25, 0.3) is 0 Å². The maximum atomic E-state index is 10.5. The van der Waals surface area contributed by atoms with Gasteiger partial charge in [-0.2, -0.15) is 0 Å². The first-order valence-corrected chi connectivity index (χ1v) is 7.02. The fourth-order valence-corrected chi connectivity index (χ4v) is 2.63. The molecule has 0 aliphatic carbocycles. The quantitative estimate of drug-likeness (QED) is 0.766. The highest BCUT2D eigenvalue weighted by molar-refractivity contribution is 5.90. The number of aromatic hydroxyl groups is 1. The summed E-state index contributed by atoms with van der Waals surface area (Å²) in [6, 6.07) is 18.3. The summed E-state index contributed by atoms with van der Waals surface area (Å²) in [4.78, 5) is 0. The first kappa shape index (κ1) is 13.5. The molecule has 0 fully saturated rings. The zero-order chi connectivity index (χ0) is 14.8. The van der Waals surface area contributed by atoms with Gasteiger partial charge in [0.1, 0.15) is 0 Å². The van der Waals surface area contributed by atoms with Crippen LogP contribution in [0.5, 0.6) is 11.5 Å². The molecule has 1 N–H and O–H groups in total. The number of hydrogen-bond acceptors (Lipinski definition) is 2. The molecule has 0 saturated heterocycles. The number of phenols is 1. The summed E-state index contributed by atoms with van der Waals surface area (Å²) in [5.41, 5.74) is 3.32. The smallest absolute Gasteiger partial charge is 0.161 e. The molecule has 2 heteroatoms. The van der Waals surface area contributed by atoms with Gasteiger partial charge in [-0.25, -0.2) is 0 Å². The van der Waals surface area contributed by atoms with E-state index in [0.717, 1.165) is 16.3 Å². The van der Waals surface area contributed by atoms with Gasteiger partial charge in [-0.05, 0) is 29.3 Å². The van der Waals surface area contributed by atoms with Crippen molar-refractivity contribution in [1.29, 1.82) is 0 Å². The molecule has 0 atom stereocenters. The molecule has 21 heavy (non-hydrogen) atoms. The summed E-state index contributed by atoms with van der Waals surface area (Å²) in [5.74, 6) is 0.757. The number of ether oxygens (including phenoxy) is 1. The van der Waals surface area contributed by atoms with Gasteiger partial charge in [-0.3, -0.25) is 0 Å². The minimum absolute atomic E-state index is 0.233. The second-order valence-electron chi connectivity index (χ2n) is 5.29. The topological polar surface area (TPSA) is 29.5 Å². The fraction of sp³-hybridized carbons (Fsp3) is 0.158. The number of hydrogen-bond donors (Lipinski definition) is 1. The third-order valence-corrected chi connectivity index (χ3v) is 3.81. The SMILES string of the molecule is COc1cc2ccccc2c(Cc2ccc(C)cc2)c1O. The Bertz CT molecular complexity index is 773. The third-order valence-electron chi connectivity index (χ3n) is 3.81. The van der Waals surface area contributed by atoms with Crippen molar-refractivity contribution in [1.82, 2.24) is 0 Å². The number of benzene rings is 3. The number of phenolic OH excluding ortho intramolecular Hbond substituents is 1. The molecule has 3 aromatic carbocycles. The number of fused-ring (bicyclic) bond motifs is 1. The molecule has 0 bridgehead atoms. The normalized spacial score (nSPS) is 10.8. The van der Waals surface area contributed by atoms with Crippen molar-refractivity contribution in [3.8, 4) is 11.5 Å². The van der Waals surface area contributed by atoms with E-state index in [1.807, 2.05) is 30.3 Å². The van der Waals surface area contributed by atoms with E-state index < -0.39 is 0 Å². The maximum Gasteiger partial charge on any atom is 0.161 e. The van der Waals surface area contributed by atoms with Crippen LogP contribution in [0.1, 0.15) is 16.7 Å². The van der Waals surface area contributed by atoms with Gasteiger partial charge in [-0.15, -0.1) is 0 Å². The van der Waals surface area contributed by atoms with Gasteiger partial charge < -0.3 is 9.84 Å². The fourth-order valence-electron chi connectivity index (χ4n) is 2.63. The first-order chi connectivity index (χ1) is 10.2. The van der Waals surface area contributed by atoms with Gasteiger partial charge >= 0.3 is 0 Å². The number of rotatable bonds is 3. The van der Waals surface area contributed by atoms with Gasteiger partial charge in [0, 0.05) is 12.0 Å². The van der Waals surface area contributed by atoms with E-state index in [4.69, 9.17) is 4.74 Å². The predicted octanol–water partition coefficient (Wildman–Crippen LogP) is 4.45.